The number of hydrogen-bond donors (Lipinski definition) is 0. The molecule has 4 heterocycles. The number of nitrogens with zero attached hydrogens (tertiary/aromatic N) is 6. The Labute approximate surface area is 152 Å². The molecule has 0 spiro atoms. The van der Waals surface area contributed by atoms with Gasteiger partial charge in [0.15, 0.2) is 5.82 Å². The molecule has 2 aliphatic rings. The third-order valence-corrected chi connectivity index (χ3v) is 5.50. The van der Waals surface area contributed by atoms with Crippen LogP contribution in [0.15, 0.2) is 41.5 Å². The first-order chi connectivity index (χ1) is 12.9. The molecule has 0 amide bonds. The molecule has 5 rings (SSSR count). The third-order valence-electron chi connectivity index (χ3n) is 5.50. The zero-order valence-corrected chi connectivity index (χ0v) is 14.9. The summed E-state index contributed by atoms with van der Waals surface area (Å²) in [4.78, 5) is 6.61. The van der Waals surface area contributed by atoms with Gasteiger partial charge in [-0.25, -0.2) is 4.98 Å². The number of furan rings is 1. The molecule has 0 N–H and O–H groups in total. The number of rotatable bonds is 6. The van der Waals surface area contributed by atoms with Crippen molar-refractivity contribution in [3.63, 3.8) is 0 Å². The third kappa shape index (κ3) is 3.19. The van der Waals surface area contributed by atoms with Crippen molar-refractivity contribution in [1.29, 1.82) is 0 Å². The van der Waals surface area contributed by atoms with Gasteiger partial charge in [0.25, 0.3) is 0 Å². The van der Waals surface area contributed by atoms with Crippen LogP contribution in [0.25, 0.3) is 0 Å². The largest absolute Gasteiger partial charge is 0.468 e. The van der Waals surface area contributed by atoms with Gasteiger partial charge >= 0.3 is 0 Å². The molecule has 7 heteroatoms. The second kappa shape index (κ2) is 6.72. The van der Waals surface area contributed by atoms with E-state index < -0.39 is 0 Å². The van der Waals surface area contributed by atoms with Crippen molar-refractivity contribution in [3.05, 3.63) is 54.5 Å². The normalized spacial score (nSPS) is 19.2. The van der Waals surface area contributed by atoms with Crippen LogP contribution < -0.4 is 0 Å². The maximum absolute atomic E-state index is 5.48. The Bertz CT molecular complexity index is 826. The highest BCUT2D eigenvalue weighted by atomic mass is 16.3. The first kappa shape index (κ1) is 15.8. The molecule has 0 aromatic carbocycles. The maximum atomic E-state index is 5.48. The zero-order valence-electron chi connectivity index (χ0n) is 14.9. The van der Waals surface area contributed by atoms with E-state index in [9.17, 15) is 0 Å². The van der Waals surface area contributed by atoms with E-state index in [1.807, 2.05) is 24.8 Å². The summed E-state index contributed by atoms with van der Waals surface area (Å²) in [6, 6.07) is 4.61. The Morgan fingerprint density at radius 1 is 1.08 bits per heavy atom. The number of piperidine rings is 1. The quantitative estimate of drug-likeness (QED) is 0.682. The topological polar surface area (TPSA) is 64.9 Å². The number of likely N-dealkylation sites (tertiary alicyclic amines) is 1. The van der Waals surface area contributed by atoms with E-state index in [0.29, 0.717) is 12.0 Å². The van der Waals surface area contributed by atoms with Crippen LogP contribution in [0.5, 0.6) is 0 Å². The smallest absolute Gasteiger partial charge is 0.153 e. The number of aromatic nitrogens is 5. The van der Waals surface area contributed by atoms with Gasteiger partial charge in [0.1, 0.15) is 11.6 Å². The van der Waals surface area contributed by atoms with Crippen molar-refractivity contribution in [1.82, 2.24) is 29.2 Å². The van der Waals surface area contributed by atoms with Gasteiger partial charge in [-0.15, -0.1) is 10.2 Å². The molecule has 0 radical (unpaired) electrons. The number of hydrogen-bond acceptors (Lipinski definition) is 5. The molecule has 1 saturated heterocycles. The highest BCUT2D eigenvalue weighted by Crippen LogP contribution is 2.40. The van der Waals surface area contributed by atoms with E-state index in [4.69, 9.17) is 4.42 Å². The molecule has 7 nitrogen and oxygen atoms in total. The highest BCUT2D eigenvalue weighted by Gasteiger charge is 2.33. The van der Waals surface area contributed by atoms with Crippen LogP contribution in [0.2, 0.25) is 0 Å². The van der Waals surface area contributed by atoms with Crippen LogP contribution in [0, 0.1) is 0 Å². The van der Waals surface area contributed by atoms with Gasteiger partial charge in [0.2, 0.25) is 0 Å². The van der Waals surface area contributed by atoms with Crippen molar-refractivity contribution in [2.75, 3.05) is 13.1 Å². The van der Waals surface area contributed by atoms with Crippen LogP contribution in [0.3, 0.4) is 0 Å². The minimum Gasteiger partial charge on any atom is -0.468 e. The zero-order chi connectivity index (χ0) is 17.3. The fourth-order valence-corrected chi connectivity index (χ4v) is 3.97. The van der Waals surface area contributed by atoms with Crippen LogP contribution in [-0.4, -0.2) is 42.3 Å². The fraction of sp³-hybridized carbons (Fsp3) is 0.526. The van der Waals surface area contributed by atoms with E-state index >= 15 is 0 Å². The van der Waals surface area contributed by atoms with Crippen molar-refractivity contribution in [2.24, 2.45) is 0 Å². The van der Waals surface area contributed by atoms with E-state index in [2.05, 4.69) is 35.3 Å². The Morgan fingerprint density at radius 2 is 1.96 bits per heavy atom. The average molecular weight is 352 g/mol. The lowest BCUT2D eigenvalue weighted by atomic mass is 9.95. The lowest BCUT2D eigenvalue weighted by Gasteiger charge is -2.31. The molecule has 0 bridgehead atoms. The monoisotopic (exact) mass is 352 g/mol. The molecule has 0 unspecified atom stereocenters. The summed E-state index contributed by atoms with van der Waals surface area (Å²) in [5.74, 6) is 3.82. The Balaban J connectivity index is 1.29. The molecule has 3 aromatic rings. The number of imidazole rings is 1. The summed E-state index contributed by atoms with van der Waals surface area (Å²) in [5.41, 5.74) is 0. The van der Waals surface area contributed by atoms with Crippen LogP contribution in [0.4, 0.5) is 0 Å². The predicted molar refractivity (Wildman–Crippen MR) is 95.6 cm³/mol. The van der Waals surface area contributed by atoms with Gasteiger partial charge in [0, 0.05) is 24.4 Å². The van der Waals surface area contributed by atoms with E-state index in [1.165, 1.54) is 18.7 Å². The lowest BCUT2D eigenvalue weighted by molar-refractivity contribution is 0.187. The standard InChI is InChI=1S/C19H24N6O/c1-2-17(26-11-1)12-23-8-5-15(6-9-23)19-22-21-18(25(19)16-3-4-16)13-24-10-7-20-14-24/h1-2,7,10-11,14-16H,3-6,8-9,12-13H2. The Hall–Kier alpha value is -2.41. The van der Waals surface area contributed by atoms with Gasteiger partial charge < -0.3 is 13.6 Å². The molecular weight excluding hydrogens is 328 g/mol. The Morgan fingerprint density at radius 3 is 2.65 bits per heavy atom. The van der Waals surface area contributed by atoms with E-state index in [-0.39, 0.29) is 0 Å². The van der Waals surface area contributed by atoms with Crippen molar-refractivity contribution in [3.8, 4) is 0 Å². The van der Waals surface area contributed by atoms with Crippen molar-refractivity contribution in [2.45, 2.75) is 50.7 Å². The van der Waals surface area contributed by atoms with E-state index in [0.717, 1.165) is 50.6 Å². The van der Waals surface area contributed by atoms with Crippen LogP contribution in [-0.2, 0) is 13.1 Å². The van der Waals surface area contributed by atoms with Crippen molar-refractivity contribution < 1.29 is 4.42 Å². The summed E-state index contributed by atoms with van der Waals surface area (Å²) in [5, 5.41) is 9.17. The first-order valence-corrected chi connectivity index (χ1v) is 9.51. The molecule has 1 aliphatic carbocycles. The molecule has 1 saturated carbocycles. The first-order valence-electron chi connectivity index (χ1n) is 9.51. The lowest BCUT2D eigenvalue weighted by Crippen LogP contribution is -2.33. The minimum absolute atomic E-state index is 0.507. The summed E-state index contributed by atoms with van der Waals surface area (Å²) in [6.45, 7) is 3.82. The van der Waals surface area contributed by atoms with Crippen LogP contribution >= 0.6 is 0 Å². The van der Waals surface area contributed by atoms with Gasteiger partial charge in [-0.3, -0.25) is 4.90 Å². The summed E-state index contributed by atoms with van der Waals surface area (Å²) in [6.07, 6.45) is 12.2. The van der Waals surface area contributed by atoms with E-state index in [1.54, 1.807) is 6.26 Å². The molecule has 2 fully saturated rings. The maximum Gasteiger partial charge on any atom is 0.153 e. The van der Waals surface area contributed by atoms with Gasteiger partial charge in [-0.05, 0) is 50.9 Å². The Kier molecular flexibility index (Phi) is 4.09. The van der Waals surface area contributed by atoms with Crippen LogP contribution in [0.1, 0.15) is 55.1 Å². The summed E-state index contributed by atoms with van der Waals surface area (Å²) < 4.78 is 9.98. The van der Waals surface area contributed by atoms with Gasteiger partial charge in [-0.1, -0.05) is 0 Å². The van der Waals surface area contributed by atoms with Gasteiger partial charge in [0.05, 0.1) is 25.7 Å². The second-order valence-corrected chi connectivity index (χ2v) is 7.44. The summed E-state index contributed by atoms with van der Waals surface area (Å²) >= 11 is 0. The predicted octanol–water partition coefficient (Wildman–Crippen LogP) is 2.83. The molecule has 3 aromatic heterocycles. The second-order valence-electron chi connectivity index (χ2n) is 7.44. The minimum atomic E-state index is 0.507. The van der Waals surface area contributed by atoms with Gasteiger partial charge in [-0.2, -0.15) is 0 Å². The van der Waals surface area contributed by atoms with Crippen molar-refractivity contribution >= 4 is 0 Å². The molecule has 136 valence electrons. The molecular formula is C19H24N6O. The molecule has 1 aliphatic heterocycles. The highest BCUT2D eigenvalue weighted by molar-refractivity contribution is 5.09. The molecule has 0 atom stereocenters. The SMILES string of the molecule is c1coc(CN2CCC(c3nnc(Cn4ccnc4)n3C3CC3)CC2)c1. The molecule has 26 heavy (non-hydrogen) atoms. The summed E-state index contributed by atoms with van der Waals surface area (Å²) in [7, 11) is 0. The average Bonchev–Trinajstić information content (AvgIpc) is 3.07. The fourth-order valence-electron chi connectivity index (χ4n) is 3.97.